The minimum absolute atomic E-state index is 0.0504. The minimum atomic E-state index is -0.473. The Kier molecular flexibility index (Phi) is 4.17. The van der Waals surface area contributed by atoms with E-state index in [0.29, 0.717) is 37.2 Å². The molecule has 25 heavy (non-hydrogen) atoms. The van der Waals surface area contributed by atoms with Crippen LogP contribution in [0, 0.1) is 11.7 Å². The van der Waals surface area contributed by atoms with E-state index in [1.807, 2.05) is 0 Å². The van der Waals surface area contributed by atoms with Gasteiger partial charge in [0.15, 0.2) is 0 Å². The van der Waals surface area contributed by atoms with Crippen LogP contribution in [0.1, 0.15) is 23.2 Å². The number of hydrogen-bond donors (Lipinski definition) is 1. The fourth-order valence-corrected chi connectivity index (χ4v) is 3.11. The van der Waals surface area contributed by atoms with Crippen molar-refractivity contribution in [2.75, 3.05) is 26.2 Å². The summed E-state index contributed by atoms with van der Waals surface area (Å²) in [4.78, 5) is 26.2. The topological polar surface area (TPSA) is 71.8 Å². The summed E-state index contributed by atoms with van der Waals surface area (Å²) in [6.07, 6.45) is 3.07. The highest BCUT2D eigenvalue weighted by Crippen LogP contribution is 2.28. The maximum absolute atomic E-state index is 13.8. The molecule has 0 bridgehead atoms. The second-order valence-corrected chi connectivity index (χ2v) is 6.56. The number of nitrogens with one attached hydrogen (secondary N) is 1. The van der Waals surface area contributed by atoms with Crippen LogP contribution in [0.25, 0.3) is 11.0 Å². The van der Waals surface area contributed by atoms with Gasteiger partial charge >= 0.3 is 0 Å². The van der Waals surface area contributed by atoms with Gasteiger partial charge < -0.3 is 19.4 Å². The Labute approximate surface area is 143 Å². The van der Waals surface area contributed by atoms with Crippen molar-refractivity contribution in [3.8, 4) is 0 Å². The Morgan fingerprint density at radius 2 is 2.16 bits per heavy atom. The van der Waals surface area contributed by atoms with Gasteiger partial charge in [0, 0.05) is 30.9 Å². The summed E-state index contributed by atoms with van der Waals surface area (Å²) in [5.74, 6) is -0.574. The third kappa shape index (κ3) is 3.37. The Morgan fingerprint density at radius 3 is 2.96 bits per heavy atom. The Bertz CT molecular complexity index is 815. The average molecular weight is 346 g/mol. The van der Waals surface area contributed by atoms with E-state index >= 15 is 0 Å². The van der Waals surface area contributed by atoms with E-state index in [2.05, 4.69) is 5.32 Å². The molecule has 1 saturated carbocycles. The number of nitrogens with zero attached hydrogens (tertiary/aromatic N) is 1. The van der Waals surface area contributed by atoms with Crippen molar-refractivity contribution in [3.63, 3.8) is 0 Å². The molecule has 2 aliphatic rings. The molecule has 1 N–H and O–H groups in total. The van der Waals surface area contributed by atoms with E-state index in [-0.39, 0.29) is 29.4 Å². The van der Waals surface area contributed by atoms with Crippen molar-refractivity contribution in [1.29, 1.82) is 0 Å². The molecular formula is C18H19FN2O4. The largest absolute Gasteiger partial charge is 0.464 e. The van der Waals surface area contributed by atoms with Crippen molar-refractivity contribution < 1.29 is 23.1 Å². The molecule has 1 atom stereocenters. The number of benzene rings is 1. The summed E-state index contributed by atoms with van der Waals surface area (Å²) in [5.41, 5.74) is 0.596. The zero-order valence-electron chi connectivity index (χ0n) is 13.7. The zero-order chi connectivity index (χ0) is 17.4. The molecule has 0 radical (unpaired) electrons. The molecule has 6 nitrogen and oxygen atoms in total. The van der Waals surface area contributed by atoms with Crippen LogP contribution in [0.15, 0.2) is 28.9 Å². The number of carbonyl (C=O) groups is 2. The molecule has 0 spiro atoms. The van der Waals surface area contributed by atoms with Gasteiger partial charge in [-0.1, -0.05) is 0 Å². The number of amides is 2. The highest BCUT2D eigenvalue weighted by molar-refractivity contribution is 6.05. The number of hydrogen-bond acceptors (Lipinski definition) is 4. The number of halogens is 1. The maximum atomic E-state index is 13.8. The Hall–Kier alpha value is -2.41. The Balaban J connectivity index is 1.45. The molecule has 1 aliphatic carbocycles. The van der Waals surface area contributed by atoms with Gasteiger partial charge in [0.1, 0.15) is 11.4 Å². The van der Waals surface area contributed by atoms with Crippen LogP contribution in [-0.4, -0.2) is 49.1 Å². The summed E-state index contributed by atoms with van der Waals surface area (Å²) < 4.78 is 24.8. The van der Waals surface area contributed by atoms with Gasteiger partial charge in [-0.25, -0.2) is 4.39 Å². The molecule has 7 heteroatoms. The molecule has 2 amide bonds. The van der Waals surface area contributed by atoms with Crippen LogP contribution in [0.2, 0.25) is 0 Å². The Morgan fingerprint density at radius 1 is 1.32 bits per heavy atom. The molecule has 2 heterocycles. The number of carbonyl (C=O) groups excluding carboxylic acids is 2. The van der Waals surface area contributed by atoms with E-state index in [4.69, 9.17) is 9.15 Å². The number of fused-ring (bicyclic) bond motifs is 1. The highest BCUT2D eigenvalue weighted by atomic mass is 19.1. The van der Waals surface area contributed by atoms with Gasteiger partial charge in [-0.05, 0) is 31.0 Å². The van der Waals surface area contributed by atoms with Crippen molar-refractivity contribution in [1.82, 2.24) is 10.2 Å². The molecule has 1 unspecified atom stereocenters. The molecular weight excluding hydrogens is 327 g/mol. The standard InChI is InChI=1S/C18H19FN2O4/c19-13-7-12-3-5-25-16(12)15(8-13)18(23)21-4-6-24-14(10-21)9-20-17(22)11-1-2-11/h3,5,7-8,11,14H,1-2,4,6,9-10H2,(H,20,22). The van der Waals surface area contributed by atoms with E-state index in [1.165, 1.54) is 18.4 Å². The first kappa shape index (κ1) is 16.1. The molecule has 1 aromatic heterocycles. The quantitative estimate of drug-likeness (QED) is 0.918. The maximum Gasteiger partial charge on any atom is 0.257 e. The summed E-state index contributed by atoms with van der Waals surface area (Å²) in [7, 11) is 0. The van der Waals surface area contributed by atoms with Crippen molar-refractivity contribution in [3.05, 3.63) is 35.8 Å². The van der Waals surface area contributed by atoms with E-state index < -0.39 is 5.82 Å². The lowest BCUT2D eigenvalue weighted by molar-refractivity contribution is -0.123. The first-order valence-electron chi connectivity index (χ1n) is 8.47. The monoisotopic (exact) mass is 346 g/mol. The normalized spacial score (nSPS) is 20.7. The predicted molar refractivity (Wildman–Crippen MR) is 87.5 cm³/mol. The van der Waals surface area contributed by atoms with E-state index in [9.17, 15) is 14.0 Å². The number of morpholine rings is 1. The number of ether oxygens (including phenoxy) is 1. The molecule has 2 aromatic rings. The summed E-state index contributed by atoms with van der Waals surface area (Å²) in [6, 6.07) is 4.17. The lowest BCUT2D eigenvalue weighted by atomic mass is 10.1. The van der Waals surface area contributed by atoms with Gasteiger partial charge in [-0.2, -0.15) is 0 Å². The van der Waals surface area contributed by atoms with Gasteiger partial charge in [0.05, 0.1) is 24.5 Å². The fraction of sp³-hybridized carbons (Fsp3) is 0.444. The zero-order valence-corrected chi connectivity index (χ0v) is 13.7. The predicted octanol–water partition coefficient (Wildman–Crippen LogP) is 1.94. The lowest BCUT2D eigenvalue weighted by Crippen LogP contribution is -2.49. The summed E-state index contributed by atoms with van der Waals surface area (Å²) in [6.45, 7) is 1.53. The van der Waals surface area contributed by atoms with Crippen LogP contribution in [0.4, 0.5) is 4.39 Å². The molecule has 2 fully saturated rings. The van der Waals surface area contributed by atoms with Crippen LogP contribution in [-0.2, 0) is 9.53 Å². The van der Waals surface area contributed by atoms with Crippen LogP contribution < -0.4 is 5.32 Å². The summed E-state index contributed by atoms with van der Waals surface area (Å²) in [5, 5.41) is 3.43. The number of furan rings is 1. The van der Waals surface area contributed by atoms with E-state index in [1.54, 1.807) is 11.0 Å². The number of rotatable bonds is 4. The van der Waals surface area contributed by atoms with Gasteiger partial charge in [0.25, 0.3) is 5.91 Å². The smallest absolute Gasteiger partial charge is 0.257 e. The SMILES string of the molecule is O=C(NCC1CN(C(=O)c2cc(F)cc3ccoc23)CCO1)C1CC1. The van der Waals surface area contributed by atoms with Crippen molar-refractivity contribution in [2.24, 2.45) is 5.92 Å². The lowest BCUT2D eigenvalue weighted by Gasteiger charge is -2.33. The second-order valence-electron chi connectivity index (χ2n) is 6.56. The van der Waals surface area contributed by atoms with Crippen LogP contribution in [0.5, 0.6) is 0 Å². The second kappa shape index (κ2) is 6.48. The summed E-state index contributed by atoms with van der Waals surface area (Å²) >= 11 is 0. The average Bonchev–Trinajstić information content (AvgIpc) is 3.37. The highest BCUT2D eigenvalue weighted by Gasteiger charge is 2.31. The molecule has 1 aliphatic heterocycles. The fourth-order valence-electron chi connectivity index (χ4n) is 3.11. The first-order valence-corrected chi connectivity index (χ1v) is 8.47. The first-order chi connectivity index (χ1) is 12.1. The van der Waals surface area contributed by atoms with Gasteiger partial charge in [-0.3, -0.25) is 9.59 Å². The molecule has 1 aromatic carbocycles. The minimum Gasteiger partial charge on any atom is -0.464 e. The van der Waals surface area contributed by atoms with Crippen molar-refractivity contribution in [2.45, 2.75) is 18.9 Å². The molecule has 4 rings (SSSR count). The third-order valence-electron chi connectivity index (χ3n) is 4.62. The molecule has 132 valence electrons. The van der Waals surface area contributed by atoms with E-state index in [0.717, 1.165) is 12.8 Å². The molecule has 1 saturated heterocycles. The van der Waals surface area contributed by atoms with Gasteiger partial charge in [0.2, 0.25) is 5.91 Å². The van der Waals surface area contributed by atoms with Crippen molar-refractivity contribution >= 4 is 22.8 Å². The van der Waals surface area contributed by atoms with Gasteiger partial charge in [-0.15, -0.1) is 0 Å². The third-order valence-corrected chi connectivity index (χ3v) is 4.62. The van der Waals surface area contributed by atoms with Crippen LogP contribution >= 0.6 is 0 Å². The van der Waals surface area contributed by atoms with Crippen LogP contribution in [0.3, 0.4) is 0 Å².